The van der Waals surface area contributed by atoms with Gasteiger partial charge < -0.3 is 15.0 Å². The fraction of sp³-hybridized carbons (Fsp3) is 0.438. The van der Waals surface area contributed by atoms with Gasteiger partial charge in [-0.1, -0.05) is 0 Å². The van der Waals surface area contributed by atoms with Crippen LogP contribution in [0, 0.1) is 0 Å². The Morgan fingerprint density at radius 2 is 1.95 bits per heavy atom. The molecule has 2 aromatic rings. The highest BCUT2D eigenvalue weighted by Gasteiger charge is 2.13. The van der Waals surface area contributed by atoms with E-state index in [4.69, 9.17) is 4.74 Å². The Balaban J connectivity index is 1.48. The van der Waals surface area contributed by atoms with Gasteiger partial charge in [-0.2, -0.15) is 0 Å². The molecule has 0 radical (unpaired) electrons. The van der Waals surface area contributed by atoms with Gasteiger partial charge in [-0.05, 0) is 18.2 Å². The van der Waals surface area contributed by atoms with Crippen molar-refractivity contribution in [2.24, 2.45) is 0 Å². The monoisotopic (exact) mass is 301 g/mol. The van der Waals surface area contributed by atoms with Gasteiger partial charge in [0.25, 0.3) is 5.91 Å². The molecule has 2 heterocycles. The van der Waals surface area contributed by atoms with Crippen LogP contribution in [0.5, 0.6) is 0 Å². The molecular formula is C16H21N4O2+. The van der Waals surface area contributed by atoms with Crippen LogP contribution in [0.3, 0.4) is 0 Å². The lowest BCUT2D eigenvalue weighted by atomic mass is 10.2. The highest BCUT2D eigenvalue weighted by Crippen LogP contribution is 2.10. The van der Waals surface area contributed by atoms with Gasteiger partial charge in [0.1, 0.15) is 13.1 Å². The number of benzene rings is 1. The maximum atomic E-state index is 12.2. The third kappa shape index (κ3) is 3.78. The topological polar surface area (TPSA) is 68.5 Å². The van der Waals surface area contributed by atoms with Crippen LogP contribution in [0.2, 0.25) is 0 Å². The Bertz CT molecular complexity index is 641. The zero-order chi connectivity index (χ0) is 15.2. The average Bonchev–Trinajstić information content (AvgIpc) is 2.59. The minimum Gasteiger partial charge on any atom is -0.370 e. The highest BCUT2D eigenvalue weighted by molar-refractivity contribution is 5.97. The van der Waals surface area contributed by atoms with Gasteiger partial charge in [0, 0.05) is 30.9 Å². The molecule has 1 fully saturated rings. The Kier molecular flexibility index (Phi) is 4.92. The number of carbonyl (C=O) groups is 1. The smallest absolute Gasteiger partial charge is 0.251 e. The minimum absolute atomic E-state index is 0.0514. The first-order valence-corrected chi connectivity index (χ1v) is 7.73. The molecule has 0 aliphatic carbocycles. The number of morpholine rings is 1. The van der Waals surface area contributed by atoms with Gasteiger partial charge in [-0.15, -0.1) is 0 Å². The number of ether oxygens (including phenoxy) is 1. The number of rotatable bonds is 5. The summed E-state index contributed by atoms with van der Waals surface area (Å²) in [6, 6.07) is 5.40. The molecule has 3 rings (SSSR count). The number of aromatic nitrogens is 2. The molecule has 1 aliphatic heterocycles. The molecule has 1 aromatic heterocycles. The lowest BCUT2D eigenvalue weighted by Gasteiger charge is -2.23. The molecule has 0 unspecified atom stereocenters. The van der Waals surface area contributed by atoms with Crippen molar-refractivity contribution in [1.29, 1.82) is 0 Å². The van der Waals surface area contributed by atoms with Gasteiger partial charge in [0.15, 0.2) is 0 Å². The number of quaternary nitrogens is 1. The first kappa shape index (κ1) is 14.9. The third-order valence-corrected chi connectivity index (χ3v) is 3.92. The molecule has 1 amide bonds. The van der Waals surface area contributed by atoms with Crippen molar-refractivity contribution in [2.45, 2.75) is 6.42 Å². The number of hydrogen-bond acceptors (Lipinski definition) is 4. The van der Waals surface area contributed by atoms with Crippen LogP contribution < -0.4 is 10.2 Å². The number of nitrogens with one attached hydrogen (secondary N) is 2. The van der Waals surface area contributed by atoms with Crippen LogP contribution >= 0.6 is 0 Å². The SMILES string of the molecule is O=C(NCCC[NH+]1CCOCC1)c1ccc2nccnc2c1. The average molecular weight is 301 g/mol. The maximum Gasteiger partial charge on any atom is 0.251 e. The van der Waals surface area contributed by atoms with E-state index in [1.165, 1.54) is 0 Å². The lowest BCUT2D eigenvalue weighted by molar-refractivity contribution is -0.908. The molecule has 1 aliphatic rings. The summed E-state index contributed by atoms with van der Waals surface area (Å²) in [6.45, 7) is 5.60. The van der Waals surface area contributed by atoms with E-state index in [1.54, 1.807) is 29.4 Å². The Hall–Kier alpha value is -2.05. The number of carbonyl (C=O) groups excluding carboxylic acids is 1. The van der Waals surface area contributed by atoms with Crippen molar-refractivity contribution in [2.75, 3.05) is 39.4 Å². The molecule has 0 saturated carbocycles. The van der Waals surface area contributed by atoms with E-state index in [-0.39, 0.29) is 5.91 Å². The van der Waals surface area contributed by atoms with E-state index in [1.807, 2.05) is 6.07 Å². The quantitative estimate of drug-likeness (QED) is 0.742. The molecule has 1 aromatic carbocycles. The van der Waals surface area contributed by atoms with Gasteiger partial charge in [-0.25, -0.2) is 0 Å². The highest BCUT2D eigenvalue weighted by atomic mass is 16.5. The van der Waals surface area contributed by atoms with Gasteiger partial charge in [-0.3, -0.25) is 14.8 Å². The lowest BCUT2D eigenvalue weighted by Crippen LogP contribution is -3.14. The standard InChI is InChI=1S/C16H20N4O2/c21-16(19-4-1-7-20-8-10-22-11-9-20)13-2-3-14-15(12-13)18-6-5-17-14/h2-3,5-6,12H,1,4,7-11H2,(H,19,21)/p+1. The van der Waals surface area contributed by atoms with E-state index < -0.39 is 0 Å². The summed E-state index contributed by atoms with van der Waals surface area (Å²) in [4.78, 5) is 22.1. The van der Waals surface area contributed by atoms with Crippen LogP contribution in [0.1, 0.15) is 16.8 Å². The summed E-state index contributed by atoms with van der Waals surface area (Å²) in [5.74, 6) is -0.0514. The number of fused-ring (bicyclic) bond motifs is 1. The first-order valence-electron chi connectivity index (χ1n) is 7.73. The van der Waals surface area contributed by atoms with Crippen LogP contribution in [0.15, 0.2) is 30.6 Å². The molecular weight excluding hydrogens is 280 g/mol. The molecule has 22 heavy (non-hydrogen) atoms. The van der Waals surface area contributed by atoms with Crippen molar-refractivity contribution in [3.63, 3.8) is 0 Å². The van der Waals surface area contributed by atoms with Crippen molar-refractivity contribution in [1.82, 2.24) is 15.3 Å². The van der Waals surface area contributed by atoms with Crippen molar-refractivity contribution in [3.05, 3.63) is 36.2 Å². The van der Waals surface area contributed by atoms with Crippen molar-refractivity contribution < 1.29 is 14.4 Å². The number of nitrogens with zero attached hydrogens (tertiary/aromatic N) is 2. The molecule has 0 spiro atoms. The second kappa shape index (κ2) is 7.29. The largest absolute Gasteiger partial charge is 0.370 e. The molecule has 6 heteroatoms. The molecule has 0 bridgehead atoms. The minimum atomic E-state index is -0.0514. The van der Waals surface area contributed by atoms with E-state index in [0.29, 0.717) is 12.1 Å². The predicted molar refractivity (Wildman–Crippen MR) is 82.9 cm³/mol. The molecule has 1 saturated heterocycles. The zero-order valence-electron chi connectivity index (χ0n) is 12.5. The first-order chi connectivity index (χ1) is 10.8. The van der Waals surface area contributed by atoms with Gasteiger partial charge in [0.2, 0.25) is 0 Å². The molecule has 0 atom stereocenters. The summed E-state index contributed by atoms with van der Waals surface area (Å²) in [5, 5.41) is 2.97. The second-order valence-electron chi connectivity index (χ2n) is 5.48. The van der Waals surface area contributed by atoms with E-state index >= 15 is 0 Å². The number of hydrogen-bond donors (Lipinski definition) is 2. The summed E-state index contributed by atoms with van der Waals surface area (Å²) in [6.07, 6.45) is 4.26. The second-order valence-corrected chi connectivity index (χ2v) is 5.48. The predicted octanol–water partition coefficient (Wildman–Crippen LogP) is -0.335. The Morgan fingerprint density at radius 1 is 1.18 bits per heavy atom. The molecule has 116 valence electrons. The normalized spacial score (nSPS) is 15.8. The third-order valence-electron chi connectivity index (χ3n) is 3.92. The maximum absolute atomic E-state index is 12.2. The van der Waals surface area contributed by atoms with Crippen LogP contribution in [-0.2, 0) is 4.74 Å². The summed E-state index contributed by atoms with van der Waals surface area (Å²) in [7, 11) is 0. The zero-order valence-corrected chi connectivity index (χ0v) is 12.5. The Morgan fingerprint density at radius 3 is 2.77 bits per heavy atom. The van der Waals surface area contributed by atoms with E-state index in [9.17, 15) is 4.79 Å². The Labute approximate surface area is 129 Å². The van der Waals surface area contributed by atoms with Crippen LogP contribution in [0.25, 0.3) is 11.0 Å². The fourth-order valence-corrected chi connectivity index (χ4v) is 2.66. The van der Waals surface area contributed by atoms with Crippen LogP contribution in [0.4, 0.5) is 0 Å². The van der Waals surface area contributed by atoms with E-state index in [2.05, 4.69) is 15.3 Å². The van der Waals surface area contributed by atoms with Crippen molar-refractivity contribution >= 4 is 16.9 Å². The summed E-state index contributed by atoms with van der Waals surface area (Å²) < 4.78 is 5.34. The summed E-state index contributed by atoms with van der Waals surface area (Å²) >= 11 is 0. The van der Waals surface area contributed by atoms with E-state index in [0.717, 1.165) is 50.3 Å². The molecule has 6 nitrogen and oxygen atoms in total. The van der Waals surface area contributed by atoms with Crippen molar-refractivity contribution in [3.8, 4) is 0 Å². The van der Waals surface area contributed by atoms with Crippen LogP contribution in [-0.4, -0.2) is 55.3 Å². The molecule has 2 N–H and O–H groups in total. The fourth-order valence-electron chi connectivity index (χ4n) is 2.66. The van der Waals surface area contributed by atoms with Gasteiger partial charge in [0.05, 0.1) is 30.8 Å². The van der Waals surface area contributed by atoms with Gasteiger partial charge >= 0.3 is 0 Å². The summed E-state index contributed by atoms with van der Waals surface area (Å²) in [5.41, 5.74) is 2.18. The number of amides is 1.